The highest BCUT2D eigenvalue weighted by Gasteiger charge is 2.09. The Labute approximate surface area is 97.9 Å². The minimum atomic E-state index is 0.502. The summed E-state index contributed by atoms with van der Waals surface area (Å²) in [4.78, 5) is 1.44. The third-order valence-electron chi connectivity index (χ3n) is 2.75. The minimum Gasteiger partial charge on any atom is -0.307 e. The first-order valence-electron chi connectivity index (χ1n) is 6.03. The fourth-order valence-electron chi connectivity index (χ4n) is 1.83. The molecule has 0 spiro atoms. The average Bonchev–Trinajstić information content (AvgIpc) is 2.70. The Morgan fingerprint density at radius 1 is 1.33 bits per heavy atom. The number of unbranched alkanes of at least 4 members (excludes halogenated alkanes) is 2. The lowest BCUT2D eigenvalue weighted by Gasteiger charge is -2.18. The summed E-state index contributed by atoms with van der Waals surface area (Å²) >= 11 is 1.84. The van der Waals surface area contributed by atoms with Gasteiger partial charge in [0, 0.05) is 17.0 Å². The molecule has 0 bridgehead atoms. The molecule has 2 heteroatoms. The molecule has 1 unspecified atom stereocenters. The van der Waals surface area contributed by atoms with Gasteiger partial charge in [0.05, 0.1) is 0 Å². The van der Waals surface area contributed by atoms with Crippen molar-refractivity contribution in [2.24, 2.45) is 0 Å². The van der Waals surface area contributed by atoms with Gasteiger partial charge in [-0.05, 0) is 31.7 Å². The molecule has 1 N–H and O–H groups in total. The molecule has 0 aliphatic heterocycles. The zero-order valence-corrected chi connectivity index (χ0v) is 10.9. The molecule has 86 valence electrons. The summed E-state index contributed by atoms with van der Waals surface area (Å²) in [5.74, 6) is 0. The van der Waals surface area contributed by atoms with Crippen LogP contribution in [0.2, 0.25) is 0 Å². The molecule has 0 fully saturated rings. The van der Waals surface area contributed by atoms with Crippen LogP contribution in [-0.2, 0) is 0 Å². The van der Waals surface area contributed by atoms with Crippen LogP contribution in [0.4, 0.5) is 0 Å². The van der Waals surface area contributed by atoms with Gasteiger partial charge in [-0.3, -0.25) is 0 Å². The van der Waals surface area contributed by atoms with E-state index in [4.69, 9.17) is 0 Å². The molecule has 0 aliphatic carbocycles. The van der Waals surface area contributed by atoms with Gasteiger partial charge in [-0.15, -0.1) is 11.3 Å². The Hall–Kier alpha value is -0.340. The van der Waals surface area contributed by atoms with E-state index in [-0.39, 0.29) is 0 Å². The molecule has 0 amide bonds. The molecule has 1 nitrogen and oxygen atoms in total. The van der Waals surface area contributed by atoms with Crippen LogP contribution in [0.3, 0.4) is 0 Å². The first kappa shape index (κ1) is 12.7. The predicted octanol–water partition coefficient (Wildman–Crippen LogP) is 4.37. The lowest BCUT2D eigenvalue weighted by molar-refractivity contribution is 0.443. The van der Waals surface area contributed by atoms with Gasteiger partial charge in [0.2, 0.25) is 0 Å². The van der Waals surface area contributed by atoms with Gasteiger partial charge in [0.25, 0.3) is 0 Å². The van der Waals surface area contributed by atoms with Crippen LogP contribution in [-0.4, -0.2) is 6.04 Å². The number of hydrogen-bond acceptors (Lipinski definition) is 2. The molecule has 1 rings (SSSR count). The van der Waals surface area contributed by atoms with E-state index in [1.54, 1.807) is 0 Å². The van der Waals surface area contributed by atoms with E-state index in [2.05, 4.69) is 43.6 Å². The van der Waals surface area contributed by atoms with E-state index in [1.165, 1.54) is 30.6 Å². The highest BCUT2D eigenvalue weighted by molar-refractivity contribution is 7.10. The topological polar surface area (TPSA) is 12.0 Å². The second-order valence-corrected chi connectivity index (χ2v) is 5.28. The molecule has 1 aromatic heterocycles. The maximum atomic E-state index is 3.65. The molecule has 0 radical (unpaired) electrons. The van der Waals surface area contributed by atoms with Gasteiger partial charge in [-0.1, -0.05) is 32.3 Å². The van der Waals surface area contributed by atoms with Crippen molar-refractivity contribution in [2.75, 3.05) is 0 Å². The van der Waals surface area contributed by atoms with E-state index < -0.39 is 0 Å². The van der Waals surface area contributed by atoms with Crippen LogP contribution in [0.15, 0.2) is 17.5 Å². The fourth-order valence-corrected chi connectivity index (χ4v) is 2.57. The van der Waals surface area contributed by atoms with Crippen molar-refractivity contribution in [3.05, 3.63) is 22.4 Å². The lowest BCUT2D eigenvalue weighted by atomic mass is 10.1. The Morgan fingerprint density at radius 2 is 2.13 bits per heavy atom. The van der Waals surface area contributed by atoms with Crippen LogP contribution >= 0.6 is 11.3 Å². The van der Waals surface area contributed by atoms with Crippen LogP contribution in [0, 0.1) is 0 Å². The normalized spacial score (nSPS) is 15.1. The first-order valence-corrected chi connectivity index (χ1v) is 6.91. The van der Waals surface area contributed by atoms with Gasteiger partial charge in [-0.2, -0.15) is 0 Å². The largest absolute Gasteiger partial charge is 0.307 e. The molecular formula is C13H23NS. The smallest absolute Gasteiger partial charge is 0.0388 e. The van der Waals surface area contributed by atoms with Crippen LogP contribution in [0.5, 0.6) is 0 Å². The maximum absolute atomic E-state index is 3.65. The van der Waals surface area contributed by atoms with Gasteiger partial charge in [-0.25, -0.2) is 0 Å². The molecule has 0 aromatic carbocycles. The number of nitrogens with one attached hydrogen (secondary N) is 1. The van der Waals surface area contributed by atoms with Crippen molar-refractivity contribution in [3.63, 3.8) is 0 Å². The zero-order chi connectivity index (χ0) is 11.1. The van der Waals surface area contributed by atoms with E-state index in [1.807, 2.05) is 11.3 Å². The van der Waals surface area contributed by atoms with E-state index in [0.717, 1.165) is 0 Å². The summed E-state index contributed by atoms with van der Waals surface area (Å²) in [5, 5.41) is 5.80. The molecule has 15 heavy (non-hydrogen) atoms. The number of rotatable bonds is 7. The highest BCUT2D eigenvalue weighted by atomic mass is 32.1. The van der Waals surface area contributed by atoms with Crippen molar-refractivity contribution in [2.45, 2.75) is 58.5 Å². The summed E-state index contributed by atoms with van der Waals surface area (Å²) in [5.41, 5.74) is 0. The van der Waals surface area contributed by atoms with Crippen molar-refractivity contribution in [1.82, 2.24) is 5.32 Å². The van der Waals surface area contributed by atoms with Crippen molar-refractivity contribution >= 4 is 11.3 Å². The monoisotopic (exact) mass is 225 g/mol. The highest BCUT2D eigenvalue weighted by Crippen LogP contribution is 2.19. The molecule has 1 heterocycles. The molecule has 0 saturated heterocycles. The minimum absolute atomic E-state index is 0.502. The Bertz CT molecular complexity index is 243. The third kappa shape index (κ3) is 4.80. The van der Waals surface area contributed by atoms with E-state index >= 15 is 0 Å². The zero-order valence-electron chi connectivity index (χ0n) is 10.1. The second-order valence-electron chi connectivity index (χ2n) is 4.30. The summed E-state index contributed by atoms with van der Waals surface area (Å²) in [6.07, 6.45) is 5.32. The predicted molar refractivity (Wildman–Crippen MR) is 69.5 cm³/mol. The molecular weight excluding hydrogens is 202 g/mol. The van der Waals surface area contributed by atoms with E-state index in [9.17, 15) is 0 Å². The van der Waals surface area contributed by atoms with Crippen LogP contribution < -0.4 is 5.32 Å². The summed E-state index contributed by atoms with van der Waals surface area (Å²) in [6, 6.07) is 5.47. The van der Waals surface area contributed by atoms with Crippen molar-refractivity contribution in [1.29, 1.82) is 0 Å². The molecule has 0 aliphatic rings. The lowest BCUT2D eigenvalue weighted by Crippen LogP contribution is -2.28. The first-order chi connectivity index (χ1) is 7.24. The van der Waals surface area contributed by atoms with Crippen molar-refractivity contribution in [3.8, 4) is 0 Å². The molecule has 2 atom stereocenters. The van der Waals surface area contributed by atoms with Gasteiger partial charge in [0.1, 0.15) is 0 Å². The third-order valence-corrected chi connectivity index (χ3v) is 3.80. The van der Waals surface area contributed by atoms with Gasteiger partial charge in [0.15, 0.2) is 0 Å². The van der Waals surface area contributed by atoms with E-state index in [0.29, 0.717) is 12.1 Å². The Morgan fingerprint density at radius 3 is 2.73 bits per heavy atom. The summed E-state index contributed by atoms with van der Waals surface area (Å²) in [6.45, 7) is 6.80. The summed E-state index contributed by atoms with van der Waals surface area (Å²) in [7, 11) is 0. The fraction of sp³-hybridized carbons (Fsp3) is 0.692. The molecule has 1 aromatic rings. The average molecular weight is 225 g/mol. The Balaban J connectivity index is 2.22. The summed E-state index contributed by atoms with van der Waals surface area (Å²) < 4.78 is 0. The number of hydrogen-bond donors (Lipinski definition) is 1. The van der Waals surface area contributed by atoms with Crippen LogP contribution in [0.1, 0.15) is 57.4 Å². The quantitative estimate of drug-likeness (QED) is 0.680. The Kier molecular flexibility index (Phi) is 5.96. The van der Waals surface area contributed by atoms with Crippen molar-refractivity contribution < 1.29 is 0 Å². The molecule has 0 saturated carbocycles. The van der Waals surface area contributed by atoms with Gasteiger partial charge >= 0.3 is 0 Å². The van der Waals surface area contributed by atoms with Crippen LogP contribution in [0.25, 0.3) is 0 Å². The number of thiophene rings is 1. The standard InChI is InChI=1S/C13H23NS/c1-4-5-6-8-11(2)14-12(3)13-9-7-10-15-13/h7,9-12,14H,4-6,8H2,1-3H3/t11?,12-/m1/s1. The van der Waals surface area contributed by atoms with Gasteiger partial charge < -0.3 is 5.32 Å². The maximum Gasteiger partial charge on any atom is 0.0388 e. The second kappa shape index (κ2) is 7.02. The SMILES string of the molecule is CCCCCC(C)N[C@H](C)c1cccs1.